The number of halogens is 4. The van der Waals surface area contributed by atoms with Crippen molar-refractivity contribution < 1.29 is 18.3 Å². The van der Waals surface area contributed by atoms with Crippen molar-refractivity contribution in [3.63, 3.8) is 0 Å². The molecule has 112 valence electrons. The lowest BCUT2D eigenvalue weighted by Gasteiger charge is -2.26. The van der Waals surface area contributed by atoms with Crippen molar-refractivity contribution in [2.24, 2.45) is 5.92 Å². The smallest absolute Gasteiger partial charge is 0.393 e. The van der Waals surface area contributed by atoms with Crippen molar-refractivity contribution in [2.45, 2.75) is 38.0 Å². The number of hydrogen-bond donors (Lipinski definition) is 2. The summed E-state index contributed by atoms with van der Waals surface area (Å²) in [6.07, 6.45) is -1.58. The van der Waals surface area contributed by atoms with Gasteiger partial charge in [0.05, 0.1) is 6.10 Å². The van der Waals surface area contributed by atoms with Crippen LogP contribution < -0.4 is 5.32 Å². The molecule has 1 heterocycles. The fraction of sp³-hybridized carbons (Fsp3) is 0.667. The number of nitrogens with one attached hydrogen (secondary N) is 1. The quantitative estimate of drug-likeness (QED) is 0.842. The third kappa shape index (κ3) is 4.21. The van der Waals surface area contributed by atoms with Crippen LogP contribution in [0.5, 0.6) is 0 Å². The van der Waals surface area contributed by atoms with E-state index in [9.17, 15) is 18.3 Å². The zero-order chi connectivity index (χ0) is 14.8. The Balaban J connectivity index is 2.00. The number of hydrogen-bond acceptors (Lipinski definition) is 4. The molecule has 4 nitrogen and oxygen atoms in total. The number of aromatic nitrogens is 2. The predicted octanol–water partition coefficient (Wildman–Crippen LogP) is 3.11. The van der Waals surface area contributed by atoms with Gasteiger partial charge in [-0.15, -0.1) is 0 Å². The minimum atomic E-state index is -4.55. The van der Waals surface area contributed by atoms with Gasteiger partial charge in [-0.3, -0.25) is 0 Å². The largest absolute Gasteiger partial charge is 0.433 e. The van der Waals surface area contributed by atoms with E-state index in [4.69, 9.17) is 11.6 Å². The van der Waals surface area contributed by atoms with Crippen LogP contribution in [-0.2, 0) is 6.18 Å². The van der Waals surface area contributed by atoms with Crippen molar-refractivity contribution in [3.8, 4) is 0 Å². The van der Waals surface area contributed by atoms with Gasteiger partial charge in [0.1, 0.15) is 5.82 Å². The molecule has 2 N–H and O–H groups in total. The van der Waals surface area contributed by atoms with Crippen molar-refractivity contribution in [1.82, 2.24) is 9.97 Å². The summed E-state index contributed by atoms with van der Waals surface area (Å²) in [5, 5.41) is 12.0. The summed E-state index contributed by atoms with van der Waals surface area (Å²) in [5.41, 5.74) is -1.07. The highest BCUT2D eigenvalue weighted by atomic mass is 35.5. The monoisotopic (exact) mass is 309 g/mol. The zero-order valence-electron chi connectivity index (χ0n) is 10.6. The lowest BCUT2D eigenvalue weighted by molar-refractivity contribution is -0.141. The summed E-state index contributed by atoms with van der Waals surface area (Å²) < 4.78 is 37.8. The summed E-state index contributed by atoms with van der Waals surface area (Å²) in [5.74, 6) is 0.277. The molecule has 1 aliphatic carbocycles. The average Bonchev–Trinajstić information content (AvgIpc) is 2.35. The number of rotatable bonds is 3. The van der Waals surface area contributed by atoms with Gasteiger partial charge >= 0.3 is 6.18 Å². The van der Waals surface area contributed by atoms with E-state index in [1.54, 1.807) is 0 Å². The van der Waals surface area contributed by atoms with Crippen molar-refractivity contribution in [3.05, 3.63) is 17.0 Å². The fourth-order valence-electron chi connectivity index (χ4n) is 2.35. The average molecular weight is 310 g/mol. The summed E-state index contributed by atoms with van der Waals surface area (Å²) in [6.45, 7) is 0.460. The Morgan fingerprint density at radius 1 is 1.35 bits per heavy atom. The molecular weight excluding hydrogens is 295 g/mol. The van der Waals surface area contributed by atoms with Crippen LogP contribution >= 0.6 is 11.6 Å². The molecule has 2 rings (SSSR count). The Labute approximate surface area is 119 Å². The molecule has 1 aliphatic rings. The number of aliphatic hydroxyl groups is 1. The first-order chi connectivity index (χ1) is 9.34. The third-order valence-electron chi connectivity index (χ3n) is 3.32. The predicted molar refractivity (Wildman–Crippen MR) is 68.5 cm³/mol. The molecule has 20 heavy (non-hydrogen) atoms. The summed E-state index contributed by atoms with van der Waals surface area (Å²) in [6, 6.07) is 0.838. The molecule has 1 aromatic heterocycles. The zero-order valence-corrected chi connectivity index (χ0v) is 11.4. The van der Waals surface area contributed by atoms with E-state index in [0.717, 1.165) is 25.3 Å². The molecule has 1 aromatic rings. The molecule has 1 saturated carbocycles. The molecule has 0 radical (unpaired) electrons. The molecule has 8 heteroatoms. The van der Waals surface area contributed by atoms with Crippen LogP contribution in [0.1, 0.15) is 31.4 Å². The first-order valence-electron chi connectivity index (χ1n) is 6.38. The van der Waals surface area contributed by atoms with E-state index in [1.807, 2.05) is 0 Å². The van der Waals surface area contributed by atoms with Crippen LogP contribution in [0.4, 0.5) is 19.0 Å². The Kier molecular flexibility index (Phi) is 4.70. The molecule has 2 atom stereocenters. The van der Waals surface area contributed by atoms with Crippen molar-refractivity contribution >= 4 is 17.4 Å². The summed E-state index contributed by atoms with van der Waals surface area (Å²) >= 11 is 5.50. The van der Waals surface area contributed by atoms with Gasteiger partial charge in [0.25, 0.3) is 0 Å². The topological polar surface area (TPSA) is 58.0 Å². The van der Waals surface area contributed by atoms with Gasteiger partial charge in [0.15, 0.2) is 5.69 Å². The van der Waals surface area contributed by atoms with E-state index in [-0.39, 0.29) is 17.8 Å². The van der Waals surface area contributed by atoms with Crippen LogP contribution in [0.3, 0.4) is 0 Å². The Morgan fingerprint density at radius 2 is 2.10 bits per heavy atom. The lowest BCUT2D eigenvalue weighted by atomic mass is 9.87. The highest BCUT2D eigenvalue weighted by Crippen LogP contribution is 2.30. The normalized spacial score (nSPS) is 23.6. The van der Waals surface area contributed by atoms with Crippen LogP contribution in [-0.4, -0.2) is 27.7 Å². The van der Waals surface area contributed by atoms with Gasteiger partial charge in [-0.05, 0) is 36.8 Å². The third-order valence-corrected chi connectivity index (χ3v) is 3.49. The molecule has 0 bridgehead atoms. The molecule has 0 aliphatic heterocycles. The van der Waals surface area contributed by atoms with Gasteiger partial charge < -0.3 is 10.4 Å². The van der Waals surface area contributed by atoms with Gasteiger partial charge in [-0.1, -0.05) is 6.42 Å². The highest BCUT2D eigenvalue weighted by Gasteiger charge is 2.33. The molecule has 0 aromatic carbocycles. The molecule has 1 fully saturated rings. The van der Waals surface area contributed by atoms with Crippen molar-refractivity contribution in [1.29, 1.82) is 0 Å². The van der Waals surface area contributed by atoms with Crippen LogP contribution in [0, 0.1) is 5.92 Å². The maximum atomic E-state index is 12.6. The van der Waals surface area contributed by atoms with E-state index < -0.39 is 17.2 Å². The van der Waals surface area contributed by atoms with E-state index in [2.05, 4.69) is 15.3 Å². The first-order valence-corrected chi connectivity index (χ1v) is 6.76. The number of nitrogens with zero attached hydrogens (tertiary/aromatic N) is 2. The standard InChI is InChI=1S/C12H15ClF3N3O/c13-11-18-9(12(14,15)16)5-10(19-11)17-6-7-2-1-3-8(20)4-7/h5,7-8,20H,1-4,6H2,(H,17,18,19). The maximum absolute atomic E-state index is 12.6. The minimum Gasteiger partial charge on any atom is -0.393 e. The van der Waals surface area contributed by atoms with Crippen molar-refractivity contribution in [2.75, 3.05) is 11.9 Å². The van der Waals surface area contributed by atoms with Crippen LogP contribution in [0.15, 0.2) is 6.07 Å². The highest BCUT2D eigenvalue weighted by molar-refractivity contribution is 6.28. The minimum absolute atomic E-state index is 0.0531. The van der Waals surface area contributed by atoms with E-state index >= 15 is 0 Å². The molecule has 0 saturated heterocycles. The Morgan fingerprint density at radius 3 is 2.75 bits per heavy atom. The van der Waals surface area contributed by atoms with Gasteiger partial charge in [0, 0.05) is 12.6 Å². The lowest BCUT2D eigenvalue weighted by Crippen LogP contribution is -2.25. The second-order valence-corrected chi connectivity index (χ2v) is 5.31. The first kappa shape index (κ1) is 15.3. The van der Waals surface area contributed by atoms with E-state index in [1.165, 1.54) is 0 Å². The molecular formula is C12H15ClF3N3O. The molecule has 0 amide bonds. The van der Waals surface area contributed by atoms with E-state index in [0.29, 0.717) is 13.0 Å². The summed E-state index contributed by atoms with van der Waals surface area (Å²) in [4.78, 5) is 6.89. The van der Waals surface area contributed by atoms with Crippen LogP contribution in [0.25, 0.3) is 0 Å². The molecule has 2 unspecified atom stereocenters. The van der Waals surface area contributed by atoms with Crippen LogP contribution in [0.2, 0.25) is 5.28 Å². The SMILES string of the molecule is OC1CCCC(CNc2cc(C(F)(F)F)nc(Cl)n2)C1. The second kappa shape index (κ2) is 6.13. The Bertz CT molecular complexity index is 470. The fourth-order valence-corrected chi connectivity index (χ4v) is 2.53. The second-order valence-electron chi connectivity index (χ2n) is 4.97. The number of anilines is 1. The maximum Gasteiger partial charge on any atom is 0.433 e. The van der Waals surface area contributed by atoms with Gasteiger partial charge in [-0.2, -0.15) is 13.2 Å². The van der Waals surface area contributed by atoms with Gasteiger partial charge in [0.2, 0.25) is 5.28 Å². The number of alkyl halides is 3. The summed E-state index contributed by atoms with van der Waals surface area (Å²) in [7, 11) is 0. The Hall–Kier alpha value is -1.08. The molecule has 0 spiro atoms. The number of aliphatic hydroxyl groups excluding tert-OH is 1. The van der Waals surface area contributed by atoms with Gasteiger partial charge in [-0.25, -0.2) is 9.97 Å².